The first-order valence-corrected chi connectivity index (χ1v) is 5.71. The van der Waals surface area contributed by atoms with Gasteiger partial charge in [-0.05, 0) is 38.0 Å². The van der Waals surface area contributed by atoms with Crippen molar-refractivity contribution in [3.05, 3.63) is 30.1 Å². The van der Waals surface area contributed by atoms with E-state index < -0.39 is 0 Å². The molecule has 1 aromatic rings. The second kappa shape index (κ2) is 6.78. The first-order valence-electron chi connectivity index (χ1n) is 5.71. The van der Waals surface area contributed by atoms with Gasteiger partial charge in [0.1, 0.15) is 5.78 Å². The summed E-state index contributed by atoms with van der Waals surface area (Å²) in [6, 6.07) is 3.61. The summed E-state index contributed by atoms with van der Waals surface area (Å²) in [6.07, 6.45) is 4.05. The molecule has 0 aromatic carbocycles. The van der Waals surface area contributed by atoms with Gasteiger partial charge in [0, 0.05) is 24.7 Å². The van der Waals surface area contributed by atoms with Crippen LogP contribution in [-0.4, -0.2) is 23.3 Å². The van der Waals surface area contributed by atoms with Crippen LogP contribution in [0.1, 0.15) is 38.2 Å². The summed E-state index contributed by atoms with van der Waals surface area (Å²) in [5, 5.41) is 0. The van der Waals surface area contributed by atoms with E-state index in [4.69, 9.17) is 4.74 Å². The van der Waals surface area contributed by atoms with Crippen LogP contribution in [0.5, 0.6) is 0 Å². The monoisotopic (exact) mass is 235 g/mol. The summed E-state index contributed by atoms with van der Waals surface area (Å²) >= 11 is 0. The van der Waals surface area contributed by atoms with E-state index >= 15 is 0 Å². The predicted octanol–water partition coefficient (Wildman–Crippen LogP) is 2.10. The third-order valence-electron chi connectivity index (χ3n) is 2.54. The molecule has 0 N–H and O–H groups in total. The topological polar surface area (TPSA) is 56.3 Å². The van der Waals surface area contributed by atoms with Gasteiger partial charge in [-0.3, -0.25) is 14.6 Å². The van der Waals surface area contributed by atoms with E-state index in [1.807, 2.05) is 0 Å². The number of hydrogen-bond acceptors (Lipinski definition) is 4. The van der Waals surface area contributed by atoms with E-state index in [0.29, 0.717) is 13.0 Å². The normalized spacial score (nSPS) is 11.9. The van der Waals surface area contributed by atoms with E-state index in [1.165, 1.54) is 6.92 Å². The number of ketones is 1. The number of carbonyl (C=O) groups is 2. The number of esters is 1. The Balaban J connectivity index is 2.62. The number of ether oxygens (including phenoxy) is 1. The molecule has 0 saturated carbocycles. The SMILES string of the molecule is CCOC(=O)CCC(C(C)=O)c1ccncc1. The maximum absolute atomic E-state index is 11.5. The standard InChI is InChI=1S/C13H17NO3/c1-3-17-13(16)5-4-12(10(2)15)11-6-8-14-9-7-11/h6-9,12H,3-5H2,1-2H3. The van der Waals surface area contributed by atoms with E-state index in [-0.39, 0.29) is 24.1 Å². The van der Waals surface area contributed by atoms with Crippen molar-refractivity contribution < 1.29 is 14.3 Å². The number of aromatic nitrogens is 1. The summed E-state index contributed by atoms with van der Waals surface area (Å²) < 4.78 is 4.85. The fourth-order valence-electron chi connectivity index (χ4n) is 1.70. The molecule has 0 amide bonds. The minimum Gasteiger partial charge on any atom is -0.466 e. The van der Waals surface area contributed by atoms with Gasteiger partial charge in [0.2, 0.25) is 0 Å². The molecule has 0 spiro atoms. The Hall–Kier alpha value is -1.71. The molecule has 4 nitrogen and oxygen atoms in total. The van der Waals surface area contributed by atoms with Crippen molar-refractivity contribution >= 4 is 11.8 Å². The van der Waals surface area contributed by atoms with E-state index in [0.717, 1.165) is 5.56 Å². The van der Waals surface area contributed by atoms with Crippen molar-refractivity contribution in [2.24, 2.45) is 0 Å². The van der Waals surface area contributed by atoms with Crippen molar-refractivity contribution in [2.75, 3.05) is 6.61 Å². The zero-order valence-corrected chi connectivity index (χ0v) is 10.2. The van der Waals surface area contributed by atoms with E-state index in [2.05, 4.69) is 4.98 Å². The second-order valence-corrected chi connectivity index (χ2v) is 3.79. The molecule has 1 heterocycles. The highest BCUT2D eigenvalue weighted by Crippen LogP contribution is 2.21. The van der Waals surface area contributed by atoms with Gasteiger partial charge in [0.15, 0.2) is 0 Å². The summed E-state index contributed by atoms with van der Waals surface area (Å²) in [7, 11) is 0. The lowest BCUT2D eigenvalue weighted by molar-refractivity contribution is -0.143. The molecule has 0 saturated heterocycles. The average molecular weight is 235 g/mol. The molecule has 4 heteroatoms. The van der Waals surface area contributed by atoms with E-state index in [9.17, 15) is 9.59 Å². The fraction of sp³-hybridized carbons (Fsp3) is 0.462. The minimum absolute atomic E-state index is 0.0560. The summed E-state index contributed by atoms with van der Waals surface area (Å²) in [5.74, 6) is -0.448. The van der Waals surface area contributed by atoms with Crippen LogP contribution < -0.4 is 0 Å². The van der Waals surface area contributed by atoms with Gasteiger partial charge in [-0.1, -0.05) is 0 Å². The first kappa shape index (κ1) is 13.4. The number of nitrogens with zero attached hydrogens (tertiary/aromatic N) is 1. The molecule has 0 bridgehead atoms. The number of pyridine rings is 1. The molecule has 1 rings (SSSR count). The van der Waals surface area contributed by atoms with E-state index in [1.54, 1.807) is 31.5 Å². The molecule has 1 unspecified atom stereocenters. The maximum Gasteiger partial charge on any atom is 0.305 e. The van der Waals surface area contributed by atoms with Crippen molar-refractivity contribution in [2.45, 2.75) is 32.6 Å². The quantitative estimate of drug-likeness (QED) is 0.708. The Morgan fingerprint density at radius 2 is 2.00 bits per heavy atom. The van der Waals surface area contributed by atoms with Crippen LogP contribution in [0.4, 0.5) is 0 Å². The second-order valence-electron chi connectivity index (χ2n) is 3.79. The van der Waals surface area contributed by atoms with Gasteiger partial charge >= 0.3 is 5.97 Å². The van der Waals surface area contributed by atoms with Gasteiger partial charge in [-0.2, -0.15) is 0 Å². The fourth-order valence-corrected chi connectivity index (χ4v) is 1.70. The molecule has 1 aromatic heterocycles. The Kier molecular flexibility index (Phi) is 5.33. The number of hydrogen-bond donors (Lipinski definition) is 0. The highest BCUT2D eigenvalue weighted by molar-refractivity contribution is 5.84. The molecule has 0 fully saturated rings. The van der Waals surface area contributed by atoms with Crippen molar-refractivity contribution in [3.63, 3.8) is 0 Å². The molecule has 0 aliphatic heterocycles. The highest BCUT2D eigenvalue weighted by atomic mass is 16.5. The molecular weight excluding hydrogens is 218 g/mol. The predicted molar refractivity (Wildman–Crippen MR) is 63.5 cm³/mol. The van der Waals surface area contributed by atoms with Crippen molar-refractivity contribution in [1.29, 1.82) is 0 Å². The third-order valence-corrected chi connectivity index (χ3v) is 2.54. The van der Waals surface area contributed by atoms with Crippen LogP contribution in [0.3, 0.4) is 0 Å². The van der Waals surface area contributed by atoms with Gasteiger partial charge in [0.25, 0.3) is 0 Å². The lowest BCUT2D eigenvalue weighted by Crippen LogP contribution is -2.12. The van der Waals surface area contributed by atoms with Crippen LogP contribution in [0, 0.1) is 0 Å². The Morgan fingerprint density at radius 3 is 2.53 bits per heavy atom. The van der Waals surface area contributed by atoms with Gasteiger partial charge in [0.05, 0.1) is 6.61 Å². The Bertz CT molecular complexity index is 376. The zero-order valence-electron chi connectivity index (χ0n) is 10.2. The molecule has 92 valence electrons. The number of rotatable bonds is 6. The molecule has 0 radical (unpaired) electrons. The zero-order chi connectivity index (χ0) is 12.7. The molecule has 0 aliphatic rings. The first-order chi connectivity index (χ1) is 8.15. The number of Topliss-reactive ketones (excluding diaryl/α,β-unsaturated/α-hetero) is 1. The molecule has 17 heavy (non-hydrogen) atoms. The maximum atomic E-state index is 11.5. The van der Waals surface area contributed by atoms with Crippen LogP contribution in [-0.2, 0) is 14.3 Å². The molecule has 0 aliphatic carbocycles. The van der Waals surface area contributed by atoms with Crippen LogP contribution in [0.15, 0.2) is 24.5 Å². The Morgan fingerprint density at radius 1 is 1.35 bits per heavy atom. The lowest BCUT2D eigenvalue weighted by Gasteiger charge is -2.13. The highest BCUT2D eigenvalue weighted by Gasteiger charge is 2.18. The van der Waals surface area contributed by atoms with Crippen LogP contribution in [0.25, 0.3) is 0 Å². The summed E-state index contributed by atoms with van der Waals surface area (Å²) in [6.45, 7) is 3.68. The molecular formula is C13H17NO3. The molecule has 1 atom stereocenters. The van der Waals surface area contributed by atoms with Crippen molar-refractivity contribution in [1.82, 2.24) is 4.98 Å². The number of carbonyl (C=O) groups excluding carboxylic acids is 2. The smallest absolute Gasteiger partial charge is 0.305 e. The summed E-state index contributed by atoms with van der Waals surface area (Å²) in [5.41, 5.74) is 0.900. The third kappa shape index (κ3) is 4.34. The lowest BCUT2D eigenvalue weighted by atomic mass is 9.92. The van der Waals surface area contributed by atoms with Gasteiger partial charge in [-0.15, -0.1) is 0 Å². The summed E-state index contributed by atoms with van der Waals surface area (Å²) in [4.78, 5) is 26.7. The largest absolute Gasteiger partial charge is 0.466 e. The van der Waals surface area contributed by atoms with Gasteiger partial charge < -0.3 is 4.74 Å². The van der Waals surface area contributed by atoms with Crippen LogP contribution >= 0.6 is 0 Å². The average Bonchev–Trinajstić information content (AvgIpc) is 2.30. The Labute approximate surface area is 101 Å². The minimum atomic E-state index is -0.257. The van der Waals surface area contributed by atoms with Gasteiger partial charge in [-0.25, -0.2) is 0 Å². The van der Waals surface area contributed by atoms with Crippen molar-refractivity contribution in [3.8, 4) is 0 Å². The van der Waals surface area contributed by atoms with Crippen LogP contribution in [0.2, 0.25) is 0 Å².